The number of nitrogens with zero attached hydrogens (tertiary/aromatic N) is 5. The molecule has 0 amide bonds. The molecule has 8 nitrogen and oxygen atoms in total. The monoisotopic (exact) mass is 258 g/mol. The Balaban J connectivity index is 2.28. The predicted octanol–water partition coefficient (Wildman–Crippen LogP) is 1.21. The molecule has 0 spiro atoms. The van der Waals surface area contributed by atoms with Gasteiger partial charge in [0.15, 0.2) is 0 Å². The number of pyridine rings is 1. The van der Waals surface area contributed by atoms with Crippen molar-refractivity contribution in [3.63, 3.8) is 0 Å². The fourth-order valence-corrected chi connectivity index (χ4v) is 1.61. The smallest absolute Gasteiger partial charge is 0.328 e. The van der Waals surface area contributed by atoms with Gasteiger partial charge in [-0.1, -0.05) is 0 Å². The number of hydrogen-bond acceptors (Lipinski definition) is 6. The third-order valence-corrected chi connectivity index (χ3v) is 2.59. The Kier molecular flexibility index (Phi) is 3.38. The van der Waals surface area contributed by atoms with Crippen LogP contribution in [0.5, 0.6) is 0 Å². The van der Waals surface area contributed by atoms with Crippen LogP contribution in [-0.2, 0) is 13.6 Å². The van der Waals surface area contributed by atoms with Crippen molar-refractivity contribution in [2.24, 2.45) is 7.05 Å². The summed E-state index contributed by atoms with van der Waals surface area (Å²) in [7, 11) is 1.77. The Hall–Kier alpha value is -2.95. The summed E-state index contributed by atoms with van der Waals surface area (Å²) in [4.78, 5) is 14.3. The van der Waals surface area contributed by atoms with Gasteiger partial charge in [-0.15, -0.1) is 0 Å². The summed E-state index contributed by atoms with van der Waals surface area (Å²) in [6.07, 6.45) is 2.99. The Morgan fingerprint density at radius 3 is 2.89 bits per heavy atom. The number of nitrogens with one attached hydrogen (secondary N) is 1. The SMILES string of the molecule is Cn1nccc1CNc1nccc(C#N)c1[N+](=O)[O-]. The number of hydrogen-bond donors (Lipinski definition) is 1. The predicted molar refractivity (Wildman–Crippen MR) is 66.1 cm³/mol. The van der Waals surface area contributed by atoms with E-state index in [1.54, 1.807) is 30.1 Å². The molecule has 0 saturated heterocycles. The van der Waals surface area contributed by atoms with Gasteiger partial charge in [-0.05, 0) is 12.1 Å². The Morgan fingerprint density at radius 2 is 2.32 bits per heavy atom. The van der Waals surface area contributed by atoms with Gasteiger partial charge in [-0.2, -0.15) is 10.4 Å². The molecule has 2 aromatic rings. The molecular formula is C11H10N6O2. The average molecular weight is 258 g/mol. The second-order valence-corrected chi connectivity index (χ2v) is 3.72. The topological polar surface area (TPSA) is 110 Å². The third kappa shape index (κ3) is 2.50. The normalized spacial score (nSPS) is 9.89. The summed E-state index contributed by atoms with van der Waals surface area (Å²) >= 11 is 0. The largest absolute Gasteiger partial charge is 0.359 e. The maximum Gasteiger partial charge on any atom is 0.328 e. The number of nitro groups is 1. The Bertz CT molecular complexity index is 657. The van der Waals surface area contributed by atoms with Gasteiger partial charge >= 0.3 is 5.69 Å². The molecule has 19 heavy (non-hydrogen) atoms. The lowest BCUT2D eigenvalue weighted by atomic mass is 10.2. The van der Waals surface area contributed by atoms with E-state index in [4.69, 9.17) is 5.26 Å². The van der Waals surface area contributed by atoms with Crippen LogP contribution >= 0.6 is 0 Å². The number of aromatic nitrogens is 3. The molecule has 96 valence electrons. The molecule has 0 radical (unpaired) electrons. The lowest BCUT2D eigenvalue weighted by Crippen LogP contribution is -2.09. The van der Waals surface area contributed by atoms with Crippen LogP contribution in [-0.4, -0.2) is 19.7 Å². The van der Waals surface area contributed by atoms with E-state index in [0.29, 0.717) is 6.54 Å². The van der Waals surface area contributed by atoms with Crippen LogP contribution in [0.15, 0.2) is 24.5 Å². The molecule has 2 aromatic heterocycles. The molecule has 0 fully saturated rings. The van der Waals surface area contributed by atoms with Crippen LogP contribution in [0.2, 0.25) is 0 Å². The Morgan fingerprint density at radius 1 is 1.53 bits per heavy atom. The van der Waals surface area contributed by atoms with E-state index >= 15 is 0 Å². The van der Waals surface area contributed by atoms with Crippen LogP contribution in [0.1, 0.15) is 11.3 Å². The Labute approximate surface area is 108 Å². The third-order valence-electron chi connectivity index (χ3n) is 2.59. The number of nitriles is 1. The summed E-state index contributed by atoms with van der Waals surface area (Å²) in [5, 5.41) is 26.7. The molecule has 0 aliphatic heterocycles. The molecular weight excluding hydrogens is 248 g/mol. The molecule has 2 heterocycles. The molecule has 1 N–H and O–H groups in total. The molecule has 0 saturated carbocycles. The van der Waals surface area contributed by atoms with Crippen LogP contribution in [0.25, 0.3) is 0 Å². The molecule has 2 rings (SSSR count). The van der Waals surface area contributed by atoms with Crippen molar-refractivity contribution in [2.75, 3.05) is 5.32 Å². The molecule has 0 aliphatic rings. The van der Waals surface area contributed by atoms with E-state index in [-0.39, 0.29) is 17.1 Å². The first-order chi connectivity index (χ1) is 9.13. The summed E-state index contributed by atoms with van der Waals surface area (Å²) in [6, 6.07) is 4.88. The fourth-order valence-electron chi connectivity index (χ4n) is 1.61. The van der Waals surface area contributed by atoms with E-state index in [2.05, 4.69) is 15.4 Å². The summed E-state index contributed by atoms with van der Waals surface area (Å²) in [5.41, 5.74) is 0.512. The highest BCUT2D eigenvalue weighted by molar-refractivity contribution is 5.64. The molecule has 0 aliphatic carbocycles. The van der Waals surface area contributed by atoms with Gasteiger partial charge in [0.2, 0.25) is 5.82 Å². The molecule has 0 bridgehead atoms. The first kappa shape index (κ1) is 12.5. The number of anilines is 1. The highest BCUT2D eigenvalue weighted by Gasteiger charge is 2.20. The highest BCUT2D eigenvalue weighted by Crippen LogP contribution is 2.25. The first-order valence-corrected chi connectivity index (χ1v) is 5.37. The standard InChI is InChI=1S/C11H10N6O2/c1-16-9(3-5-15-16)7-14-11-10(17(18)19)8(6-12)2-4-13-11/h2-5H,7H2,1H3,(H,13,14). The van der Waals surface area contributed by atoms with Crippen molar-refractivity contribution in [1.29, 1.82) is 5.26 Å². The van der Waals surface area contributed by atoms with Gasteiger partial charge in [0, 0.05) is 19.4 Å². The van der Waals surface area contributed by atoms with Crippen LogP contribution in [0.3, 0.4) is 0 Å². The quantitative estimate of drug-likeness (QED) is 0.651. The molecule has 8 heteroatoms. The van der Waals surface area contributed by atoms with Gasteiger partial charge < -0.3 is 5.32 Å². The lowest BCUT2D eigenvalue weighted by molar-refractivity contribution is -0.384. The van der Waals surface area contributed by atoms with Crippen molar-refractivity contribution in [3.05, 3.63) is 45.9 Å². The number of aryl methyl sites for hydroxylation is 1. The van der Waals surface area contributed by atoms with Gasteiger partial charge in [0.05, 0.1) is 17.2 Å². The zero-order valence-corrected chi connectivity index (χ0v) is 10.1. The molecule has 0 atom stereocenters. The van der Waals surface area contributed by atoms with Crippen molar-refractivity contribution in [1.82, 2.24) is 14.8 Å². The van der Waals surface area contributed by atoms with E-state index in [1.807, 2.05) is 0 Å². The highest BCUT2D eigenvalue weighted by atomic mass is 16.6. The van der Waals surface area contributed by atoms with Crippen molar-refractivity contribution < 1.29 is 4.92 Å². The van der Waals surface area contributed by atoms with Crippen molar-refractivity contribution >= 4 is 11.5 Å². The fraction of sp³-hybridized carbons (Fsp3) is 0.182. The maximum atomic E-state index is 11.0. The average Bonchev–Trinajstić information content (AvgIpc) is 2.81. The van der Waals surface area contributed by atoms with Crippen LogP contribution in [0, 0.1) is 21.4 Å². The van der Waals surface area contributed by atoms with E-state index in [0.717, 1.165) is 5.69 Å². The second kappa shape index (κ2) is 5.14. The van der Waals surface area contributed by atoms with Gasteiger partial charge in [0.1, 0.15) is 11.6 Å². The van der Waals surface area contributed by atoms with Crippen LogP contribution in [0.4, 0.5) is 11.5 Å². The minimum atomic E-state index is -0.614. The van der Waals surface area contributed by atoms with Crippen molar-refractivity contribution in [3.8, 4) is 6.07 Å². The van der Waals surface area contributed by atoms with Crippen molar-refractivity contribution in [2.45, 2.75) is 6.54 Å². The lowest BCUT2D eigenvalue weighted by Gasteiger charge is -2.06. The zero-order valence-electron chi connectivity index (χ0n) is 10.1. The van der Waals surface area contributed by atoms with Gasteiger partial charge in [-0.3, -0.25) is 14.8 Å². The first-order valence-electron chi connectivity index (χ1n) is 5.37. The van der Waals surface area contributed by atoms with Crippen LogP contribution < -0.4 is 5.32 Å². The van der Waals surface area contributed by atoms with Gasteiger partial charge in [-0.25, -0.2) is 4.98 Å². The molecule has 0 aromatic carbocycles. The summed E-state index contributed by atoms with van der Waals surface area (Å²) < 4.78 is 1.65. The van der Waals surface area contributed by atoms with Gasteiger partial charge in [0.25, 0.3) is 0 Å². The van der Waals surface area contributed by atoms with E-state index < -0.39 is 4.92 Å². The maximum absolute atomic E-state index is 11.0. The zero-order chi connectivity index (χ0) is 13.8. The minimum absolute atomic E-state index is 0.0208. The van der Waals surface area contributed by atoms with E-state index in [1.165, 1.54) is 12.3 Å². The summed E-state index contributed by atoms with van der Waals surface area (Å²) in [6.45, 7) is 0.333. The second-order valence-electron chi connectivity index (χ2n) is 3.72. The number of rotatable bonds is 4. The van der Waals surface area contributed by atoms with E-state index in [9.17, 15) is 10.1 Å². The minimum Gasteiger partial charge on any atom is -0.359 e. The summed E-state index contributed by atoms with van der Waals surface area (Å²) in [5.74, 6) is 0.0743. The molecule has 0 unspecified atom stereocenters.